The van der Waals surface area contributed by atoms with Gasteiger partial charge in [0.2, 0.25) is 6.29 Å². The normalized spacial score (nSPS) is 53.8. The molecule has 0 aromatic heterocycles. The first-order chi connectivity index (χ1) is 42.7. The Balaban J connectivity index is 0.870. The molecule has 33 atom stereocenters. The third kappa shape index (κ3) is 12.5. The summed E-state index contributed by atoms with van der Waals surface area (Å²) >= 11 is 0. The second kappa shape index (κ2) is 25.9. The molecule has 0 aromatic carbocycles. The van der Waals surface area contributed by atoms with Gasteiger partial charge in [-0.15, -0.1) is 0 Å². The van der Waals surface area contributed by atoms with Crippen LogP contribution in [0, 0.1) is 56.7 Å². The van der Waals surface area contributed by atoms with Gasteiger partial charge in [-0.1, -0.05) is 53.2 Å². The van der Waals surface area contributed by atoms with Crippen molar-refractivity contribution in [2.24, 2.45) is 56.7 Å². The van der Waals surface area contributed by atoms with Crippen molar-refractivity contribution in [2.45, 2.75) is 273 Å². The highest BCUT2D eigenvalue weighted by Crippen LogP contribution is 2.75. The molecular weight excluding hydrogens is 1200 g/mol. The number of rotatable bonds is 7. The number of cyclic esters (lactones) is 1. The number of fused-ring (bicyclic) bond motifs is 11. The molecule has 0 aromatic rings. The third-order valence-electron chi connectivity index (χ3n) is 23.7. The molecule has 6 saturated heterocycles. The van der Waals surface area contributed by atoms with Crippen LogP contribution in [0.15, 0.2) is 11.6 Å². The maximum atomic E-state index is 15.5. The topological polar surface area (TPSA) is 425 Å². The average Bonchev–Trinajstić information content (AvgIpc) is 0.679. The van der Waals surface area contributed by atoms with Gasteiger partial charge in [0.05, 0.1) is 81.3 Å². The first-order valence-electron chi connectivity index (χ1n) is 32.5. The van der Waals surface area contributed by atoms with Crippen LogP contribution in [0.1, 0.15) is 126 Å². The minimum atomic E-state index is -2.05. The summed E-state index contributed by atoms with van der Waals surface area (Å²) in [4.78, 5) is 42.9. The molecule has 28 nitrogen and oxygen atoms in total. The van der Waals surface area contributed by atoms with E-state index in [1.807, 2.05) is 0 Å². The van der Waals surface area contributed by atoms with Crippen molar-refractivity contribution in [2.75, 3.05) is 33.0 Å². The lowest BCUT2D eigenvalue weighted by molar-refractivity contribution is -0.372. The Bertz CT molecular complexity index is 2650. The summed E-state index contributed by atoms with van der Waals surface area (Å²) < 4.78 is 72.3. The van der Waals surface area contributed by atoms with Gasteiger partial charge in [0, 0.05) is 11.8 Å². The number of esters is 3. The van der Waals surface area contributed by atoms with E-state index in [4.69, 9.17) is 56.8 Å². The highest BCUT2D eigenvalue weighted by molar-refractivity contribution is 5.79. The van der Waals surface area contributed by atoms with E-state index in [-0.39, 0.29) is 42.8 Å². The molecule has 28 heteroatoms. The molecule has 518 valence electrons. The van der Waals surface area contributed by atoms with E-state index in [1.165, 1.54) is 13.8 Å². The van der Waals surface area contributed by atoms with Gasteiger partial charge >= 0.3 is 17.9 Å². The zero-order valence-electron chi connectivity index (χ0n) is 53.0. The second-order valence-corrected chi connectivity index (χ2v) is 30.2. The third-order valence-corrected chi connectivity index (χ3v) is 23.7. The van der Waals surface area contributed by atoms with E-state index in [9.17, 15) is 76.0 Å². The van der Waals surface area contributed by atoms with Gasteiger partial charge in [-0.05, 0) is 111 Å². The Morgan fingerprint density at radius 1 is 0.604 bits per heavy atom. The minimum Gasteiger partial charge on any atom is -0.465 e. The lowest BCUT2D eigenvalue weighted by atomic mass is 9.34. The van der Waals surface area contributed by atoms with Crippen molar-refractivity contribution in [3.63, 3.8) is 0 Å². The Kier molecular flexibility index (Phi) is 19.8. The predicted octanol–water partition coefficient (Wildman–Crippen LogP) is -1.79. The maximum Gasteiger partial charge on any atom is 0.315 e. The van der Waals surface area contributed by atoms with Crippen LogP contribution < -0.4 is 0 Å². The van der Waals surface area contributed by atoms with Gasteiger partial charge in [-0.2, -0.15) is 0 Å². The van der Waals surface area contributed by atoms with E-state index >= 15 is 4.79 Å². The minimum absolute atomic E-state index is 0.00931. The van der Waals surface area contributed by atoms with Crippen LogP contribution in [0.4, 0.5) is 0 Å². The molecule has 0 amide bonds. The molecule has 91 heavy (non-hydrogen) atoms. The molecule has 4 saturated carbocycles. The van der Waals surface area contributed by atoms with Crippen molar-refractivity contribution in [1.82, 2.24) is 0 Å². The van der Waals surface area contributed by atoms with Crippen molar-refractivity contribution < 1.29 is 138 Å². The summed E-state index contributed by atoms with van der Waals surface area (Å²) in [7, 11) is 0. The van der Waals surface area contributed by atoms with Crippen molar-refractivity contribution in [3.8, 4) is 0 Å². The molecule has 0 bridgehead atoms. The fraction of sp³-hybridized carbons (Fsp3) is 0.921. The van der Waals surface area contributed by atoms with Crippen molar-refractivity contribution in [1.29, 1.82) is 0 Å². The fourth-order valence-electron chi connectivity index (χ4n) is 18.1. The molecule has 13 N–H and O–H groups in total. The smallest absolute Gasteiger partial charge is 0.315 e. The monoisotopic (exact) mass is 1300 g/mol. The van der Waals surface area contributed by atoms with Crippen LogP contribution in [0.5, 0.6) is 0 Å². The highest BCUT2D eigenvalue weighted by atomic mass is 16.8. The Hall–Kier alpha value is -2.73. The lowest BCUT2D eigenvalue weighted by Gasteiger charge is -2.70. The van der Waals surface area contributed by atoms with E-state index in [0.29, 0.717) is 51.4 Å². The average molecular weight is 1300 g/mol. The highest BCUT2D eigenvalue weighted by Gasteiger charge is 2.70. The van der Waals surface area contributed by atoms with E-state index in [0.717, 1.165) is 5.57 Å². The zero-order valence-corrected chi connectivity index (χ0v) is 53.0. The van der Waals surface area contributed by atoms with E-state index in [2.05, 4.69) is 40.7 Å². The molecule has 5 aliphatic carbocycles. The van der Waals surface area contributed by atoms with Crippen LogP contribution in [0.25, 0.3) is 0 Å². The number of carbonyl (C=O) groups is 3. The first kappa shape index (κ1) is 69.6. The standard InChI is InChI=1S/C63H98O28/c1-26-22-81-52(45(76)39(26)70)88-48-40(71)27(2)84-53(46(48)77)89-50-42(73)34(67)25-83-55(50)91-57(78)63-15-13-58(3,4)17-31(63)30-9-10-36-60(6)18-32(65)47-28(29(60)11-12-62(36,8)61(30,7)14-16-63)23-80-37(68)19-59(5,79)20-38(69)86-49-41(72)33(66)24-82-54(49)90-51-44(75)43(74)35(21-64)85-56(51)87-47/h9,26-29,31-36,39-56,64-67,70-77,79H,10-25H2,1-8H3/t26-,27+,28+,29+,31+,32+,33+,34+,35-,36-,39+,40+,41+,42+,43-,44+,45-,46-,47-,48-,49-,50-,51-,52?,53?,54?,55?,56?,59?,60+,61-,62-,63+/m1/s1. The van der Waals surface area contributed by atoms with Crippen LogP contribution in [0.3, 0.4) is 0 Å². The van der Waals surface area contributed by atoms with Crippen molar-refractivity contribution >= 4 is 17.9 Å². The molecule has 6 heterocycles. The number of ether oxygens (including phenoxy) is 12. The number of carbonyl (C=O) groups excluding carboxylic acids is 3. The SMILES string of the molecule is C[C@@H]1COC(O[C@@H]2[C@@H](O)[C@H](C)OC(O[C@H]3C(OC(=O)[C@]45CCC(C)(C)C[C@H]4C4=CC[C@@H]6[C@@]7(C)C[C@H](O)[C@@H]8OC9O[C@H](CO)[C@@H](O)[C@H](O)[C@H]9OC9OC[C@H](O)[C@H](O)[C@H]9OC(=O)CC(C)(O)CC(=O)OC[C@H]8[C@@H]7CC[C@@]6(C)[C@]4(C)CC5)OC[C@H](O)[C@@H]3O)[C@@H]2O)[C@H](O)[C@H]1O. The number of hydrogen-bond donors (Lipinski definition) is 13. The van der Waals surface area contributed by atoms with Crippen LogP contribution >= 0.6 is 0 Å². The first-order valence-corrected chi connectivity index (χ1v) is 32.5. The Morgan fingerprint density at radius 2 is 1.26 bits per heavy atom. The molecule has 10 fully saturated rings. The number of aliphatic hydroxyl groups is 13. The predicted molar refractivity (Wildman–Crippen MR) is 305 cm³/mol. The van der Waals surface area contributed by atoms with Gasteiger partial charge in [-0.25, -0.2) is 0 Å². The second-order valence-electron chi connectivity index (χ2n) is 30.2. The van der Waals surface area contributed by atoms with Gasteiger partial charge in [-0.3, -0.25) is 14.4 Å². The molecular formula is C63H98O28. The Morgan fingerprint density at radius 3 is 1.99 bits per heavy atom. The van der Waals surface area contributed by atoms with Gasteiger partial charge in [0.25, 0.3) is 0 Å². The zero-order chi connectivity index (χ0) is 66.0. The fourth-order valence-corrected chi connectivity index (χ4v) is 18.1. The molecule has 0 spiro atoms. The van der Waals surface area contributed by atoms with Crippen LogP contribution in [-0.2, 0) is 71.2 Å². The molecule has 0 radical (unpaired) electrons. The molecule has 11 rings (SSSR count). The van der Waals surface area contributed by atoms with Gasteiger partial charge < -0.3 is 123 Å². The molecule has 6 aliphatic heterocycles. The largest absolute Gasteiger partial charge is 0.465 e. The Labute approximate surface area is 528 Å². The van der Waals surface area contributed by atoms with Crippen molar-refractivity contribution in [3.05, 3.63) is 11.6 Å². The summed E-state index contributed by atoms with van der Waals surface area (Å²) in [5.74, 6) is -4.73. The quantitative estimate of drug-likeness (QED) is 0.0579. The van der Waals surface area contributed by atoms with Crippen LogP contribution in [0.2, 0.25) is 0 Å². The lowest BCUT2D eigenvalue weighted by Crippen LogP contribution is -2.67. The van der Waals surface area contributed by atoms with Gasteiger partial charge in [0.15, 0.2) is 37.4 Å². The van der Waals surface area contributed by atoms with E-state index in [1.54, 1.807) is 6.92 Å². The molecule has 6 unspecified atom stereocenters. The summed E-state index contributed by atoms with van der Waals surface area (Å²) in [6.45, 7) is 13.3. The summed E-state index contributed by atoms with van der Waals surface area (Å²) in [6, 6.07) is 0. The summed E-state index contributed by atoms with van der Waals surface area (Å²) in [5, 5.41) is 146. The van der Waals surface area contributed by atoms with E-state index < -0.39 is 231 Å². The van der Waals surface area contributed by atoms with Crippen LogP contribution in [-0.4, -0.2) is 264 Å². The maximum absolute atomic E-state index is 15.5. The number of hydrogen-bond acceptors (Lipinski definition) is 28. The summed E-state index contributed by atoms with van der Waals surface area (Å²) in [6.07, 6.45) is -31.1. The molecule has 11 aliphatic rings. The van der Waals surface area contributed by atoms with Gasteiger partial charge in [0.1, 0.15) is 73.2 Å². The number of allylic oxidation sites excluding steroid dienone is 2. The number of aliphatic hydroxyl groups excluding tert-OH is 12. The summed E-state index contributed by atoms with van der Waals surface area (Å²) in [5.41, 5.74) is -4.08.